The molecule has 1 amide bonds. The number of ether oxygens (including phenoxy) is 1. The minimum absolute atomic E-state index is 0.0525. The molecular formula is C29H41N9O2. The van der Waals surface area contributed by atoms with Crippen molar-refractivity contribution in [2.45, 2.75) is 90.4 Å². The molecule has 214 valence electrons. The average molecular weight is 548 g/mol. The van der Waals surface area contributed by atoms with Crippen LogP contribution in [0.4, 0.5) is 5.82 Å². The Hall–Kier alpha value is -3.05. The van der Waals surface area contributed by atoms with Gasteiger partial charge in [-0.15, -0.1) is 0 Å². The fourth-order valence-electron chi connectivity index (χ4n) is 7.71. The maximum Gasteiger partial charge on any atom is 0.239 e. The summed E-state index contributed by atoms with van der Waals surface area (Å²) in [5.74, 6) is 1.85. The van der Waals surface area contributed by atoms with Gasteiger partial charge in [0.2, 0.25) is 5.91 Å². The topological polar surface area (TPSA) is 115 Å². The smallest absolute Gasteiger partial charge is 0.239 e. The van der Waals surface area contributed by atoms with Crippen molar-refractivity contribution in [3.8, 4) is 0 Å². The van der Waals surface area contributed by atoms with E-state index in [9.17, 15) is 4.79 Å². The lowest BCUT2D eigenvalue weighted by molar-refractivity contribution is -0.130. The molecule has 5 aliphatic rings. The predicted molar refractivity (Wildman–Crippen MR) is 151 cm³/mol. The van der Waals surface area contributed by atoms with Crippen LogP contribution in [0.5, 0.6) is 0 Å². The number of morpholine rings is 1. The SMILES string of the molecule is Cc1nc(N2CCc3c(c(C)nn3CC34CCC(NC(=O)[C@H]5COCCN5)(CC3)CC4)C2)c2c(n1)c(C)nn2C. The number of nitrogens with one attached hydrogen (secondary N) is 2. The van der Waals surface area contributed by atoms with Gasteiger partial charge in [0.25, 0.3) is 0 Å². The van der Waals surface area contributed by atoms with Gasteiger partial charge in [0, 0.05) is 56.4 Å². The van der Waals surface area contributed by atoms with E-state index >= 15 is 0 Å². The molecule has 3 aromatic rings. The number of amides is 1. The summed E-state index contributed by atoms with van der Waals surface area (Å²) < 4.78 is 9.76. The maximum atomic E-state index is 12.9. The molecule has 3 aliphatic carbocycles. The normalized spacial score (nSPS) is 28.2. The van der Waals surface area contributed by atoms with E-state index in [1.165, 1.54) is 11.3 Å². The highest BCUT2D eigenvalue weighted by molar-refractivity contribution is 5.88. The van der Waals surface area contributed by atoms with E-state index in [2.05, 4.69) is 37.2 Å². The van der Waals surface area contributed by atoms with E-state index < -0.39 is 0 Å². The van der Waals surface area contributed by atoms with Crippen molar-refractivity contribution in [3.05, 3.63) is 28.5 Å². The van der Waals surface area contributed by atoms with Crippen LogP contribution in [-0.4, -0.2) is 73.3 Å². The minimum Gasteiger partial charge on any atom is -0.378 e. The Morgan fingerprint density at radius 1 is 1.07 bits per heavy atom. The Kier molecular flexibility index (Phi) is 6.16. The minimum atomic E-state index is -0.223. The zero-order valence-electron chi connectivity index (χ0n) is 24.2. The van der Waals surface area contributed by atoms with Crippen LogP contribution in [0.15, 0.2) is 0 Å². The van der Waals surface area contributed by atoms with E-state index in [0.29, 0.717) is 13.2 Å². The summed E-state index contributed by atoms with van der Waals surface area (Å²) in [4.78, 5) is 24.9. The van der Waals surface area contributed by atoms with Crippen molar-refractivity contribution in [1.82, 2.24) is 40.2 Å². The molecule has 0 spiro atoms. The van der Waals surface area contributed by atoms with Crippen molar-refractivity contribution in [2.24, 2.45) is 12.5 Å². The highest BCUT2D eigenvalue weighted by atomic mass is 16.5. The molecular weight excluding hydrogens is 506 g/mol. The van der Waals surface area contributed by atoms with Gasteiger partial charge in [-0.05, 0) is 64.7 Å². The van der Waals surface area contributed by atoms with Gasteiger partial charge in [0.1, 0.15) is 22.9 Å². The quantitative estimate of drug-likeness (QED) is 0.500. The summed E-state index contributed by atoms with van der Waals surface area (Å²) >= 11 is 0. The third kappa shape index (κ3) is 4.29. The summed E-state index contributed by atoms with van der Waals surface area (Å²) in [6.07, 6.45) is 7.52. The van der Waals surface area contributed by atoms with Gasteiger partial charge in [-0.3, -0.25) is 14.2 Å². The van der Waals surface area contributed by atoms with E-state index in [-0.39, 0.29) is 22.9 Å². The monoisotopic (exact) mass is 547 g/mol. The Morgan fingerprint density at radius 2 is 1.85 bits per heavy atom. The Morgan fingerprint density at radius 3 is 2.58 bits per heavy atom. The van der Waals surface area contributed by atoms with Crippen molar-refractivity contribution in [3.63, 3.8) is 0 Å². The summed E-state index contributed by atoms with van der Waals surface area (Å²) in [5.41, 5.74) is 6.93. The molecule has 11 nitrogen and oxygen atoms in total. The molecule has 0 unspecified atom stereocenters. The molecule has 2 N–H and O–H groups in total. The van der Waals surface area contributed by atoms with Gasteiger partial charge < -0.3 is 20.3 Å². The van der Waals surface area contributed by atoms with Crippen LogP contribution < -0.4 is 15.5 Å². The number of nitrogens with zero attached hydrogens (tertiary/aromatic N) is 7. The van der Waals surface area contributed by atoms with Crippen molar-refractivity contribution >= 4 is 22.8 Å². The first-order valence-corrected chi connectivity index (χ1v) is 14.9. The molecule has 11 heteroatoms. The third-order valence-corrected chi connectivity index (χ3v) is 10.1. The van der Waals surface area contributed by atoms with Gasteiger partial charge >= 0.3 is 0 Å². The lowest BCUT2D eigenvalue weighted by atomic mass is 9.57. The van der Waals surface area contributed by atoms with Gasteiger partial charge in [0.15, 0.2) is 5.82 Å². The van der Waals surface area contributed by atoms with E-state index in [1.54, 1.807) is 0 Å². The Bertz CT molecular complexity index is 1440. The van der Waals surface area contributed by atoms with Gasteiger partial charge in [-0.1, -0.05) is 0 Å². The van der Waals surface area contributed by atoms with E-state index in [1.807, 2.05) is 25.6 Å². The van der Waals surface area contributed by atoms with Crippen molar-refractivity contribution in [2.75, 3.05) is 31.2 Å². The number of aromatic nitrogens is 6. The standard InChI is InChI=1S/C29H41N9O2/c1-18-21-15-37(26-25-24(31-20(3)32-26)19(2)34-36(25)4)13-5-23(21)38(35-18)17-28-6-9-29(10-7-28,11-8-28)33-27(39)22-16-40-14-12-30-22/h22,30H,5-17H2,1-4H3,(H,33,39)/t22-,28?,29?/m1/s1. The fourth-order valence-corrected chi connectivity index (χ4v) is 7.71. The first-order valence-electron chi connectivity index (χ1n) is 14.9. The van der Waals surface area contributed by atoms with Gasteiger partial charge in [-0.25, -0.2) is 9.97 Å². The molecule has 5 heterocycles. The Balaban J connectivity index is 1.07. The number of anilines is 1. The lowest BCUT2D eigenvalue weighted by Gasteiger charge is -2.54. The number of carbonyl (C=O) groups is 1. The molecule has 1 saturated heterocycles. The number of fused-ring (bicyclic) bond motifs is 5. The van der Waals surface area contributed by atoms with Crippen LogP contribution in [-0.2, 0) is 36.1 Å². The summed E-state index contributed by atoms with van der Waals surface area (Å²) in [6, 6.07) is -0.223. The second kappa shape index (κ2) is 9.51. The molecule has 8 rings (SSSR count). The zero-order chi connectivity index (χ0) is 27.6. The van der Waals surface area contributed by atoms with Crippen LogP contribution >= 0.6 is 0 Å². The second-order valence-electron chi connectivity index (χ2n) is 12.7. The number of carbonyl (C=O) groups excluding carboxylic acids is 1. The van der Waals surface area contributed by atoms with Crippen molar-refractivity contribution < 1.29 is 9.53 Å². The van der Waals surface area contributed by atoms with E-state index in [4.69, 9.17) is 14.8 Å². The highest BCUT2D eigenvalue weighted by Crippen LogP contribution is 2.53. The summed E-state index contributed by atoms with van der Waals surface area (Å²) in [5, 5.41) is 16.5. The number of hydrogen-bond acceptors (Lipinski definition) is 8. The van der Waals surface area contributed by atoms with Crippen LogP contribution in [0.25, 0.3) is 11.0 Å². The molecule has 1 atom stereocenters. The van der Waals surface area contributed by atoms with Gasteiger partial charge in [-0.2, -0.15) is 10.2 Å². The number of aryl methyl sites for hydroxylation is 4. The molecule has 4 fully saturated rings. The molecule has 2 aliphatic heterocycles. The van der Waals surface area contributed by atoms with E-state index in [0.717, 1.165) is 105 Å². The predicted octanol–water partition coefficient (Wildman–Crippen LogP) is 2.25. The fraction of sp³-hybridized carbons (Fsp3) is 0.690. The lowest BCUT2D eigenvalue weighted by Crippen LogP contribution is -2.62. The Labute approximate surface area is 235 Å². The first-order chi connectivity index (χ1) is 19.2. The average Bonchev–Trinajstić information content (AvgIpc) is 3.43. The molecule has 3 saturated carbocycles. The van der Waals surface area contributed by atoms with Crippen molar-refractivity contribution in [1.29, 1.82) is 0 Å². The zero-order valence-corrected chi connectivity index (χ0v) is 24.2. The van der Waals surface area contributed by atoms with Gasteiger partial charge in [0.05, 0.1) is 24.6 Å². The second-order valence-corrected chi connectivity index (χ2v) is 12.7. The molecule has 0 aromatic carbocycles. The number of rotatable bonds is 5. The van der Waals surface area contributed by atoms with Crippen LogP contribution in [0, 0.1) is 26.2 Å². The molecule has 3 aromatic heterocycles. The first kappa shape index (κ1) is 25.9. The van der Waals surface area contributed by atoms with Crippen LogP contribution in [0.2, 0.25) is 0 Å². The largest absolute Gasteiger partial charge is 0.378 e. The number of hydrogen-bond donors (Lipinski definition) is 2. The molecule has 0 radical (unpaired) electrons. The summed E-state index contributed by atoms with van der Waals surface area (Å²) in [6.45, 7) is 10.7. The van der Waals surface area contributed by atoms with Crippen LogP contribution in [0.3, 0.4) is 0 Å². The summed E-state index contributed by atoms with van der Waals surface area (Å²) in [7, 11) is 1.98. The highest BCUT2D eigenvalue weighted by Gasteiger charge is 2.50. The molecule has 40 heavy (non-hydrogen) atoms. The molecule has 2 bridgehead atoms. The van der Waals surface area contributed by atoms with Crippen LogP contribution in [0.1, 0.15) is 67.0 Å². The third-order valence-electron chi connectivity index (χ3n) is 10.1. The maximum absolute atomic E-state index is 12.9.